The van der Waals surface area contributed by atoms with Crippen LogP contribution in [0.15, 0.2) is 24.4 Å². The number of H-pyrrole nitrogens is 1. The molecule has 5 nitrogen and oxygen atoms in total. The maximum Gasteiger partial charge on any atom is 0.227 e. The third-order valence-electron chi connectivity index (χ3n) is 5.70. The molecule has 2 fully saturated rings. The number of morpholine rings is 1. The number of hydrogen-bond acceptors (Lipinski definition) is 3. The third kappa shape index (κ3) is 3.31. The van der Waals surface area contributed by atoms with Gasteiger partial charge in [0.05, 0.1) is 19.6 Å². The van der Waals surface area contributed by atoms with Crippen LogP contribution in [0.1, 0.15) is 18.1 Å². The van der Waals surface area contributed by atoms with E-state index in [2.05, 4.69) is 46.8 Å². The van der Waals surface area contributed by atoms with Crippen LogP contribution in [0.3, 0.4) is 0 Å². The highest BCUT2D eigenvalue weighted by atomic mass is 16.5. The molecule has 0 radical (unpaired) electrons. The maximum atomic E-state index is 12.9. The number of benzene rings is 1. The zero-order chi connectivity index (χ0) is 17.4. The smallest absolute Gasteiger partial charge is 0.227 e. The second kappa shape index (κ2) is 6.81. The van der Waals surface area contributed by atoms with E-state index in [1.54, 1.807) is 0 Å². The van der Waals surface area contributed by atoms with Crippen molar-refractivity contribution in [3.8, 4) is 0 Å². The zero-order valence-electron chi connectivity index (χ0n) is 15.1. The zero-order valence-corrected chi connectivity index (χ0v) is 15.1. The van der Waals surface area contributed by atoms with E-state index in [1.165, 1.54) is 5.56 Å². The van der Waals surface area contributed by atoms with E-state index in [4.69, 9.17) is 4.74 Å². The van der Waals surface area contributed by atoms with E-state index in [9.17, 15) is 4.79 Å². The fraction of sp³-hybridized carbons (Fsp3) is 0.550. The number of nitrogens with zero attached hydrogens (tertiary/aromatic N) is 2. The Hall–Kier alpha value is -1.85. The number of ether oxygens (including phenoxy) is 1. The van der Waals surface area contributed by atoms with Crippen LogP contribution in [0.25, 0.3) is 10.9 Å². The highest BCUT2D eigenvalue weighted by molar-refractivity contribution is 5.89. The number of rotatable bonds is 3. The third-order valence-corrected chi connectivity index (χ3v) is 5.70. The van der Waals surface area contributed by atoms with Gasteiger partial charge in [-0.1, -0.05) is 19.1 Å². The lowest BCUT2D eigenvalue weighted by Crippen LogP contribution is -2.47. The van der Waals surface area contributed by atoms with E-state index in [0.717, 1.165) is 55.9 Å². The van der Waals surface area contributed by atoms with E-state index in [-0.39, 0.29) is 5.91 Å². The fourth-order valence-electron chi connectivity index (χ4n) is 4.26. The van der Waals surface area contributed by atoms with Crippen LogP contribution in [0.4, 0.5) is 0 Å². The van der Waals surface area contributed by atoms with Crippen molar-refractivity contribution in [2.75, 3.05) is 39.4 Å². The summed E-state index contributed by atoms with van der Waals surface area (Å²) in [4.78, 5) is 20.7. The fourth-order valence-corrected chi connectivity index (χ4v) is 4.26. The Morgan fingerprint density at radius 1 is 1.28 bits per heavy atom. The molecule has 0 spiro atoms. The van der Waals surface area contributed by atoms with E-state index in [1.807, 2.05) is 6.20 Å². The van der Waals surface area contributed by atoms with Crippen LogP contribution in [0.5, 0.6) is 0 Å². The maximum absolute atomic E-state index is 12.9. The molecule has 3 heterocycles. The van der Waals surface area contributed by atoms with Gasteiger partial charge in [0.25, 0.3) is 0 Å². The lowest BCUT2D eigenvalue weighted by Gasteiger charge is -2.34. The molecule has 0 unspecified atom stereocenters. The van der Waals surface area contributed by atoms with Crippen molar-refractivity contribution >= 4 is 16.8 Å². The minimum atomic E-state index is 0.240. The number of aryl methyl sites for hydroxylation is 1. The number of likely N-dealkylation sites (tertiary alicyclic amines) is 1. The summed E-state index contributed by atoms with van der Waals surface area (Å²) in [5.74, 6) is 0.761. The Labute approximate surface area is 148 Å². The highest BCUT2D eigenvalue weighted by Gasteiger charge is 2.36. The molecule has 0 bridgehead atoms. The van der Waals surface area contributed by atoms with Gasteiger partial charge in [0.1, 0.15) is 0 Å². The number of carbonyl (C=O) groups is 1. The summed E-state index contributed by atoms with van der Waals surface area (Å²) in [5, 5.41) is 1.16. The Morgan fingerprint density at radius 3 is 2.88 bits per heavy atom. The quantitative estimate of drug-likeness (QED) is 0.931. The number of amides is 1. The van der Waals surface area contributed by atoms with Gasteiger partial charge >= 0.3 is 0 Å². The summed E-state index contributed by atoms with van der Waals surface area (Å²) in [6, 6.07) is 6.83. The first-order chi connectivity index (χ1) is 12.1. The molecule has 4 rings (SSSR count). The van der Waals surface area contributed by atoms with E-state index in [0.29, 0.717) is 18.4 Å². The molecule has 5 heteroatoms. The highest BCUT2D eigenvalue weighted by Crippen LogP contribution is 2.25. The molecule has 2 aliphatic rings. The van der Waals surface area contributed by atoms with E-state index < -0.39 is 0 Å². The van der Waals surface area contributed by atoms with Gasteiger partial charge in [-0.25, -0.2) is 0 Å². The monoisotopic (exact) mass is 341 g/mol. The van der Waals surface area contributed by atoms with Gasteiger partial charge < -0.3 is 14.6 Å². The molecule has 0 saturated carbocycles. The molecule has 2 atom stereocenters. The lowest BCUT2D eigenvalue weighted by molar-refractivity contribution is -0.129. The van der Waals surface area contributed by atoms with Crippen molar-refractivity contribution in [1.29, 1.82) is 0 Å². The van der Waals surface area contributed by atoms with Crippen molar-refractivity contribution in [2.45, 2.75) is 26.3 Å². The van der Waals surface area contributed by atoms with Crippen molar-refractivity contribution in [3.05, 3.63) is 35.5 Å². The van der Waals surface area contributed by atoms with Crippen LogP contribution in [-0.2, 0) is 16.0 Å². The second-order valence-electron chi connectivity index (χ2n) is 7.53. The molecule has 134 valence electrons. The number of nitrogens with one attached hydrogen (secondary N) is 1. The number of aromatic nitrogens is 1. The number of hydrogen-bond donors (Lipinski definition) is 1. The summed E-state index contributed by atoms with van der Waals surface area (Å²) in [7, 11) is 0. The predicted molar refractivity (Wildman–Crippen MR) is 98.7 cm³/mol. The van der Waals surface area contributed by atoms with Gasteiger partial charge in [-0.05, 0) is 30.0 Å². The second-order valence-corrected chi connectivity index (χ2v) is 7.53. The average molecular weight is 341 g/mol. The average Bonchev–Trinajstić information content (AvgIpc) is 3.19. The first kappa shape index (κ1) is 16.6. The normalized spacial score (nSPS) is 25.0. The standard InChI is InChI=1S/C20H27N3O2/c1-14-3-4-17-16(11-21-18(17)9-14)10-20(24)23-12-15(2)19(13-23)22-5-7-25-8-6-22/h3-4,9,11,15,19,21H,5-8,10,12-13H2,1-2H3/t15-,19+/m0/s1. The Kier molecular flexibility index (Phi) is 4.52. The predicted octanol–water partition coefficient (Wildman–Crippen LogP) is 2.20. The van der Waals surface area contributed by atoms with Crippen LogP contribution < -0.4 is 0 Å². The largest absolute Gasteiger partial charge is 0.379 e. The molecule has 25 heavy (non-hydrogen) atoms. The van der Waals surface area contributed by atoms with Gasteiger partial charge in [-0.2, -0.15) is 0 Å². The van der Waals surface area contributed by atoms with Crippen LogP contribution in [-0.4, -0.2) is 66.1 Å². The summed E-state index contributed by atoms with van der Waals surface area (Å²) in [5.41, 5.74) is 3.44. The van der Waals surface area contributed by atoms with Crippen molar-refractivity contribution in [1.82, 2.24) is 14.8 Å². The van der Waals surface area contributed by atoms with Gasteiger partial charge in [0, 0.05) is 49.3 Å². The van der Waals surface area contributed by atoms with E-state index >= 15 is 0 Å². The van der Waals surface area contributed by atoms with Gasteiger partial charge in [-0.3, -0.25) is 9.69 Å². The number of carbonyl (C=O) groups excluding carboxylic acids is 1. The summed E-state index contributed by atoms with van der Waals surface area (Å²) >= 11 is 0. The van der Waals surface area contributed by atoms with Crippen LogP contribution in [0.2, 0.25) is 0 Å². The van der Waals surface area contributed by atoms with Gasteiger partial charge in [0.15, 0.2) is 0 Å². The lowest BCUT2D eigenvalue weighted by atomic mass is 10.0. The first-order valence-corrected chi connectivity index (χ1v) is 9.28. The summed E-state index contributed by atoms with van der Waals surface area (Å²) in [6.45, 7) is 9.66. The topological polar surface area (TPSA) is 48.6 Å². The van der Waals surface area contributed by atoms with Crippen molar-refractivity contribution < 1.29 is 9.53 Å². The van der Waals surface area contributed by atoms with Gasteiger partial charge in [0.2, 0.25) is 5.91 Å². The Balaban J connectivity index is 1.44. The Bertz CT molecular complexity index is 763. The van der Waals surface area contributed by atoms with Crippen molar-refractivity contribution in [2.24, 2.45) is 5.92 Å². The molecular formula is C20H27N3O2. The van der Waals surface area contributed by atoms with Gasteiger partial charge in [-0.15, -0.1) is 0 Å². The molecule has 0 aliphatic carbocycles. The molecule has 2 aromatic rings. The molecule has 2 saturated heterocycles. The molecule has 1 aromatic carbocycles. The molecule has 1 amide bonds. The summed E-state index contributed by atoms with van der Waals surface area (Å²) in [6.07, 6.45) is 2.46. The SMILES string of the molecule is Cc1ccc2c(CC(=O)N3C[C@@H](N4CCOCC4)[C@@H](C)C3)c[nH]c2c1. The minimum Gasteiger partial charge on any atom is -0.379 e. The Morgan fingerprint density at radius 2 is 2.08 bits per heavy atom. The first-order valence-electron chi connectivity index (χ1n) is 9.28. The molecular weight excluding hydrogens is 314 g/mol. The molecule has 2 aliphatic heterocycles. The van der Waals surface area contributed by atoms with Crippen LogP contribution >= 0.6 is 0 Å². The van der Waals surface area contributed by atoms with Crippen molar-refractivity contribution in [3.63, 3.8) is 0 Å². The molecule has 1 aromatic heterocycles. The molecule has 1 N–H and O–H groups in total. The number of fused-ring (bicyclic) bond motifs is 1. The summed E-state index contributed by atoms with van der Waals surface area (Å²) < 4.78 is 5.46. The number of aromatic amines is 1. The minimum absolute atomic E-state index is 0.240. The van der Waals surface area contributed by atoms with Crippen LogP contribution in [0, 0.1) is 12.8 Å².